The van der Waals surface area contributed by atoms with E-state index in [1.54, 1.807) is 25.4 Å². The van der Waals surface area contributed by atoms with Crippen molar-refractivity contribution in [2.45, 2.75) is 6.54 Å². The Hall–Kier alpha value is -2.08. The number of carbonyl (C=O) groups excluding carboxylic acids is 1. The van der Waals surface area contributed by atoms with Crippen LogP contribution in [0.1, 0.15) is 25.1 Å². The van der Waals surface area contributed by atoms with Crippen molar-refractivity contribution >= 4 is 23.2 Å². The lowest BCUT2D eigenvalue weighted by atomic mass is 10.3. The van der Waals surface area contributed by atoms with Crippen LogP contribution in [0.15, 0.2) is 34.9 Å². The minimum absolute atomic E-state index is 0.157. The summed E-state index contributed by atoms with van der Waals surface area (Å²) in [7, 11) is 1.64. The number of nitrogens with zero attached hydrogens (tertiary/aromatic N) is 1. The molecule has 2 aromatic rings. The van der Waals surface area contributed by atoms with E-state index in [1.807, 2.05) is 0 Å². The number of carboxylic acids is 1. The predicted molar refractivity (Wildman–Crippen MR) is 65.8 cm³/mol. The van der Waals surface area contributed by atoms with Gasteiger partial charge in [0, 0.05) is 7.05 Å². The Labute approximate surface area is 107 Å². The molecule has 0 aromatic carbocycles. The summed E-state index contributed by atoms with van der Waals surface area (Å²) in [4.78, 5) is 24.8. The number of carboxylic acid groups (broad SMARTS) is 1. The van der Waals surface area contributed by atoms with Gasteiger partial charge >= 0.3 is 5.97 Å². The molecule has 0 radical (unpaired) electrons. The zero-order chi connectivity index (χ0) is 13.1. The smallest absolute Gasteiger partial charge is 0.345 e. The number of hydrogen-bond acceptors (Lipinski definition) is 4. The maximum atomic E-state index is 12.0. The van der Waals surface area contributed by atoms with Crippen molar-refractivity contribution in [3.63, 3.8) is 0 Å². The molecule has 5 nitrogen and oxygen atoms in total. The SMILES string of the molecule is CN(Cc1ccco1)C(=O)c1ccc(C(=O)O)s1. The maximum Gasteiger partial charge on any atom is 0.345 e. The molecule has 2 rings (SSSR count). The van der Waals surface area contributed by atoms with Gasteiger partial charge in [0.2, 0.25) is 0 Å². The van der Waals surface area contributed by atoms with Gasteiger partial charge in [0.05, 0.1) is 17.7 Å². The number of carbonyl (C=O) groups is 2. The van der Waals surface area contributed by atoms with E-state index in [0.717, 1.165) is 11.3 Å². The maximum absolute atomic E-state index is 12.0. The Bertz CT molecular complexity index is 558. The van der Waals surface area contributed by atoms with Crippen LogP contribution in [0.4, 0.5) is 0 Å². The van der Waals surface area contributed by atoms with Gasteiger partial charge in [0.15, 0.2) is 0 Å². The van der Waals surface area contributed by atoms with Crippen LogP contribution in [0.3, 0.4) is 0 Å². The molecule has 2 aromatic heterocycles. The van der Waals surface area contributed by atoms with Crippen LogP contribution >= 0.6 is 11.3 Å². The number of rotatable bonds is 4. The zero-order valence-corrected chi connectivity index (χ0v) is 10.4. The van der Waals surface area contributed by atoms with Gasteiger partial charge in [0.1, 0.15) is 10.6 Å². The fraction of sp³-hybridized carbons (Fsp3) is 0.167. The second kappa shape index (κ2) is 5.05. The largest absolute Gasteiger partial charge is 0.477 e. The van der Waals surface area contributed by atoms with E-state index in [2.05, 4.69) is 0 Å². The Kier molecular flexibility index (Phi) is 3.47. The molecule has 2 heterocycles. The molecule has 0 aliphatic heterocycles. The molecule has 0 bridgehead atoms. The molecule has 0 spiro atoms. The van der Waals surface area contributed by atoms with Gasteiger partial charge in [-0.05, 0) is 24.3 Å². The van der Waals surface area contributed by atoms with Gasteiger partial charge in [-0.2, -0.15) is 0 Å². The Balaban J connectivity index is 2.08. The summed E-state index contributed by atoms with van der Waals surface area (Å²) in [6.07, 6.45) is 1.54. The first kappa shape index (κ1) is 12.4. The molecular formula is C12H11NO4S. The van der Waals surface area contributed by atoms with Gasteiger partial charge in [0.25, 0.3) is 5.91 Å². The monoisotopic (exact) mass is 265 g/mol. The van der Waals surface area contributed by atoms with Crippen LogP contribution in [0, 0.1) is 0 Å². The summed E-state index contributed by atoms with van der Waals surface area (Å²) in [6.45, 7) is 0.353. The number of amides is 1. The highest BCUT2D eigenvalue weighted by molar-refractivity contribution is 7.15. The van der Waals surface area contributed by atoms with Gasteiger partial charge in [-0.15, -0.1) is 11.3 Å². The first-order valence-corrected chi connectivity index (χ1v) is 6.00. The molecule has 0 aliphatic rings. The summed E-state index contributed by atoms with van der Waals surface area (Å²) < 4.78 is 5.15. The van der Waals surface area contributed by atoms with Crippen LogP contribution in [0.2, 0.25) is 0 Å². The zero-order valence-electron chi connectivity index (χ0n) is 9.62. The van der Waals surface area contributed by atoms with Crippen molar-refractivity contribution < 1.29 is 19.1 Å². The van der Waals surface area contributed by atoms with Gasteiger partial charge < -0.3 is 14.4 Å². The molecule has 0 saturated carbocycles. The molecule has 1 N–H and O–H groups in total. The van der Waals surface area contributed by atoms with Crippen molar-refractivity contribution in [3.05, 3.63) is 46.0 Å². The number of furan rings is 1. The van der Waals surface area contributed by atoms with E-state index in [0.29, 0.717) is 17.2 Å². The molecule has 0 fully saturated rings. The van der Waals surface area contributed by atoms with Crippen LogP contribution in [-0.4, -0.2) is 28.9 Å². The fourth-order valence-corrected chi connectivity index (χ4v) is 2.30. The number of hydrogen-bond donors (Lipinski definition) is 1. The van der Waals surface area contributed by atoms with Crippen LogP contribution in [0.5, 0.6) is 0 Å². The summed E-state index contributed by atoms with van der Waals surface area (Å²) in [5.41, 5.74) is 0. The summed E-state index contributed by atoms with van der Waals surface area (Å²) in [5.74, 6) is -0.558. The lowest BCUT2D eigenvalue weighted by Crippen LogP contribution is -2.25. The van der Waals surface area contributed by atoms with Crippen molar-refractivity contribution in [1.82, 2.24) is 4.90 Å². The standard InChI is InChI=1S/C12H11NO4S/c1-13(7-8-3-2-6-17-8)11(14)9-4-5-10(18-9)12(15)16/h2-6H,7H2,1H3,(H,15,16). The van der Waals surface area contributed by atoms with Crippen molar-refractivity contribution in [2.75, 3.05) is 7.05 Å². The van der Waals surface area contributed by atoms with E-state index >= 15 is 0 Å². The highest BCUT2D eigenvalue weighted by atomic mass is 32.1. The van der Waals surface area contributed by atoms with Crippen molar-refractivity contribution in [2.24, 2.45) is 0 Å². The number of aromatic carboxylic acids is 1. The molecule has 0 unspecified atom stereocenters. The summed E-state index contributed by atoms with van der Waals surface area (Å²) in [5, 5.41) is 8.80. The van der Waals surface area contributed by atoms with Crippen molar-refractivity contribution in [1.29, 1.82) is 0 Å². The third-order valence-corrected chi connectivity index (χ3v) is 3.41. The minimum Gasteiger partial charge on any atom is -0.477 e. The van der Waals surface area contributed by atoms with Crippen LogP contribution < -0.4 is 0 Å². The molecule has 94 valence electrons. The molecule has 0 atom stereocenters. The third-order valence-electron chi connectivity index (χ3n) is 2.35. The average molecular weight is 265 g/mol. The highest BCUT2D eigenvalue weighted by Gasteiger charge is 2.17. The second-order valence-corrected chi connectivity index (χ2v) is 4.79. The predicted octanol–water partition coefficient (Wildman–Crippen LogP) is 2.31. The molecule has 0 saturated heterocycles. The lowest BCUT2D eigenvalue weighted by Gasteiger charge is -2.14. The van der Waals surface area contributed by atoms with E-state index in [4.69, 9.17) is 9.52 Å². The fourth-order valence-electron chi connectivity index (χ4n) is 1.46. The normalized spacial score (nSPS) is 10.3. The Morgan fingerprint density at radius 1 is 1.33 bits per heavy atom. The first-order valence-electron chi connectivity index (χ1n) is 5.19. The van der Waals surface area contributed by atoms with Crippen molar-refractivity contribution in [3.8, 4) is 0 Å². The molecular weight excluding hydrogens is 254 g/mol. The third kappa shape index (κ3) is 2.60. The average Bonchev–Trinajstić information content (AvgIpc) is 2.98. The quantitative estimate of drug-likeness (QED) is 0.920. The molecule has 1 amide bonds. The van der Waals surface area contributed by atoms with E-state index in [9.17, 15) is 9.59 Å². The lowest BCUT2D eigenvalue weighted by molar-refractivity contribution is 0.0701. The van der Waals surface area contributed by atoms with Crippen LogP contribution in [-0.2, 0) is 6.54 Å². The highest BCUT2D eigenvalue weighted by Crippen LogP contribution is 2.18. The molecule has 18 heavy (non-hydrogen) atoms. The van der Waals surface area contributed by atoms with E-state index in [1.165, 1.54) is 17.0 Å². The number of thiophene rings is 1. The molecule has 0 aliphatic carbocycles. The van der Waals surface area contributed by atoms with Gasteiger partial charge in [-0.3, -0.25) is 4.79 Å². The van der Waals surface area contributed by atoms with E-state index < -0.39 is 5.97 Å². The summed E-state index contributed by atoms with van der Waals surface area (Å²) in [6, 6.07) is 6.48. The van der Waals surface area contributed by atoms with Gasteiger partial charge in [-0.25, -0.2) is 4.79 Å². The second-order valence-electron chi connectivity index (χ2n) is 3.71. The minimum atomic E-state index is -1.02. The molecule has 6 heteroatoms. The van der Waals surface area contributed by atoms with Crippen LogP contribution in [0.25, 0.3) is 0 Å². The topological polar surface area (TPSA) is 70.8 Å². The summed E-state index contributed by atoms with van der Waals surface area (Å²) >= 11 is 0.969. The van der Waals surface area contributed by atoms with E-state index in [-0.39, 0.29) is 10.8 Å². The first-order chi connectivity index (χ1) is 8.58. The Morgan fingerprint density at radius 3 is 2.61 bits per heavy atom. The van der Waals surface area contributed by atoms with Gasteiger partial charge in [-0.1, -0.05) is 0 Å². The Morgan fingerprint density at radius 2 is 2.06 bits per heavy atom.